The second-order valence-corrected chi connectivity index (χ2v) is 5.08. The van der Waals surface area contributed by atoms with Crippen LogP contribution in [0, 0.1) is 0 Å². The smallest absolute Gasteiger partial charge is 0.215 e. The topological polar surface area (TPSA) is 32.7 Å². The van der Waals surface area contributed by atoms with Crippen molar-refractivity contribution in [1.29, 1.82) is 0 Å². The summed E-state index contributed by atoms with van der Waals surface area (Å²) in [6.07, 6.45) is 3.02. The van der Waals surface area contributed by atoms with Gasteiger partial charge in [0, 0.05) is 19.8 Å². The number of carbonyl (C=O) groups is 1. The first-order valence-corrected chi connectivity index (χ1v) is 6.38. The maximum absolute atomic E-state index is 11.4. The molecule has 0 bridgehead atoms. The van der Waals surface area contributed by atoms with Crippen LogP contribution < -0.4 is 4.90 Å². The highest BCUT2D eigenvalue weighted by atomic mass is 35.5. The van der Waals surface area contributed by atoms with E-state index in [2.05, 4.69) is 4.99 Å². The number of rotatable bonds is 2. The van der Waals surface area contributed by atoms with Crippen molar-refractivity contribution in [2.75, 3.05) is 19.0 Å². The Bertz CT molecular complexity index is 574. The van der Waals surface area contributed by atoms with Gasteiger partial charge in [0.2, 0.25) is 5.78 Å². The molecule has 98 valence electrons. The van der Waals surface area contributed by atoms with Crippen LogP contribution >= 0.6 is 23.2 Å². The van der Waals surface area contributed by atoms with Crippen molar-refractivity contribution in [3.8, 4) is 0 Å². The summed E-state index contributed by atoms with van der Waals surface area (Å²) in [5.74, 6) is -0.370. The van der Waals surface area contributed by atoms with E-state index in [1.807, 2.05) is 43.3 Å². The molecule has 5 heteroatoms. The number of ketones is 1. The zero-order chi connectivity index (χ0) is 14.0. The van der Waals surface area contributed by atoms with Crippen LogP contribution in [-0.4, -0.2) is 25.6 Å². The molecule has 1 aromatic carbocycles. The molecule has 0 saturated carbocycles. The number of halogens is 2. The van der Waals surface area contributed by atoms with E-state index in [-0.39, 0.29) is 15.8 Å². The molecule has 0 N–H and O–H groups in total. The third-order valence-electron chi connectivity index (χ3n) is 2.61. The molecule has 1 aliphatic carbocycles. The molecule has 0 heterocycles. The minimum Gasteiger partial charge on any atom is -0.378 e. The minimum atomic E-state index is -0.370. The lowest BCUT2D eigenvalue weighted by Gasteiger charge is -2.12. The largest absolute Gasteiger partial charge is 0.378 e. The van der Waals surface area contributed by atoms with Crippen LogP contribution in [0.5, 0.6) is 0 Å². The second kappa shape index (κ2) is 5.59. The SMILES string of the molecule is CN(C)c1ccc(N=C2C=C(Cl)C(=O)C(Cl)=C2)cc1. The van der Waals surface area contributed by atoms with Crippen molar-refractivity contribution >= 4 is 46.1 Å². The van der Waals surface area contributed by atoms with Gasteiger partial charge in [-0.05, 0) is 36.4 Å². The molecule has 0 radical (unpaired) electrons. The Kier molecular flexibility index (Phi) is 4.08. The average Bonchev–Trinajstić information content (AvgIpc) is 2.36. The van der Waals surface area contributed by atoms with Crippen molar-refractivity contribution in [1.82, 2.24) is 0 Å². The quantitative estimate of drug-likeness (QED) is 0.780. The summed E-state index contributed by atoms with van der Waals surface area (Å²) < 4.78 is 0. The van der Waals surface area contributed by atoms with E-state index in [4.69, 9.17) is 23.2 Å². The molecule has 19 heavy (non-hydrogen) atoms. The molecule has 0 saturated heterocycles. The van der Waals surface area contributed by atoms with Gasteiger partial charge in [-0.3, -0.25) is 4.79 Å². The second-order valence-electron chi connectivity index (χ2n) is 4.26. The number of nitrogens with zero attached hydrogens (tertiary/aromatic N) is 2. The maximum Gasteiger partial charge on any atom is 0.215 e. The van der Waals surface area contributed by atoms with E-state index in [0.717, 1.165) is 11.4 Å². The monoisotopic (exact) mass is 294 g/mol. The van der Waals surface area contributed by atoms with Crippen LogP contribution in [0.25, 0.3) is 0 Å². The van der Waals surface area contributed by atoms with Crippen molar-refractivity contribution < 1.29 is 4.79 Å². The number of aliphatic imine (C=N–C) groups is 1. The lowest BCUT2D eigenvalue weighted by atomic mass is 10.1. The molecular formula is C14H12Cl2N2O. The van der Waals surface area contributed by atoms with Gasteiger partial charge in [0.25, 0.3) is 0 Å². The van der Waals surface area contributed by atoms with E-state index < -0.39 is 0 Å². The Morgan fingerprint density at radius 1 is 1.00 bits per heavy atom. The van der Waals surface area contributed by atoms with Crippen molar-refractivity contribution in [3.63, 3.8) is 0 Å². The molecular weight excluding hydrogens is 283 g/mol. The summed E-state index contributed by atoms with van der Waals surface area (Å²) in [5.41, 5.74) is 2.42. The lowest BCUT2D eigenvalue weighted by molar-refractivity contribution is -0.111. The summed E-state index contributed by atoms with van der Waals surface area (Å²) in [6.45, 7) is 0. The van der Waals surface area contributed by atoms with Crippen LogP contribution in [0.2, 0.25) is 0 Å². The van der Waals surface area contributed by atoms with Crippen molar-refractivity contribution in [3.05, 3.63) is 46.5 Å². The first kappa shape index (κ1) is 13.8. The van der Waals surface area contributed by atoms with Gasteiger partial charge in [0.15, 0.2) is 0 Å². The van der Waals surface area contributed by atoms with E-state index in [1.165, 1.54) is 12.2 Å². The molecule has 1 aliphatic rings. The first-order chi connectivity index (χ1) is 8.97. The molecule has 1 aromatic rings. The number of anilines is 1. The molecule has 0 unspecified atom stereocenters. The van der Waals surface area contributed by atoms with E-state index in [1.54, 1.807) is 0 Å². The van der Waals surface area contributed by atoms with E-state index in [0.29, 0.717) is 5.71 Å². The highest BCUT2D eigenvalue weighted by molar-refractivity contribution is 6.57. The fourth-order valence-electron chi connectivity index (χ4n) is 1.59. The van der Waals surface area contributed by atoms with Crippen molar-refractivity contribution in [2.24, 2.45) is 4.99 Å². The molecule has 0 amide bonds. The number of carbonyl (C=O) groups excluding carboxylic acids is 1. The highest BCUT2D eigenvalue weighted by Gasteiger charge is 2.17. The van der Waals surface area contributed by atoms with Crippen LogP contribution in [0.4, 0.5) is 11.4 Å². The molecule has 0 spiro atoms. The Labute approximate surface area is 121 Å². The normalized spacial score (nSPS) is 14.9. The van der Waals surface area contributed by atoms with Gasteiger partial charge in [-0.2, -0.15) is 0 Å². The summed E-state index contributed by atoms with van der Waals surface area (Å²) in [6, 6.07) is 7.71. The summed E-state index contributed by atoms with van der Waals surface area (Å²) >= 11 is 11.6. The number of Topliss-reactive ketones (excluding diaryl/α,β-unsaturated/α-hetero) is 1. The molecule has 0 fully saturated rings. The zero-order valence-electron chi connectivity index (χ0n) is 10.5. The molecule has 3 nitrogen and oxygen atoms in total. The lowest BCUT2D eigenvalue weighted by Crippen LogP contribution is -2.08. The molecule has 2 rings (SSSR count). The van der Waals surface area contributed by atoms with Gasteiger partial charge in [0.05, 0.1) is 21.5 Å². The maximum atomic E-state index is 11.4. The van der Waals surface area contributed by atoms with Crippen LogP contribution in [-0.2, 0) is 4.79 Å². The van der Waals surface area contributed by atoms with Gasteiger partial charge in [-0.25, -0.2) is 4.99 Å². The first-order valence-electron chi connectivity index (χ1n) is 5.62. The Balaban J connectivity index is 2.29. The fourth-order valence-corrected chi connectivity index (χ4v) is 2.06. The Hall–Kier alpha value is -1.58. The summed E-state index contributed by atoms with van der Waals surface area (Å²) in [4.78, 5) is 17.8. The minimum absolute atomic E-state index is 0.0798. The third kappa shape index (κ3) is 3.25. The zero-order valence-corrected chi connectivity index (χ0v) is 12.0. The Morgan fingerprint density at radius 2 is 1.53 bits per heavy atom. The van der Waals surface area contributed by atoms with Gasteiger partial charge in [-0.1, -0.05) is 23.2 Å². The molecule has 0 aromatic heterocycles. The average molecular weight is 295 g/mol. The number of hydrogen-bond donors (Lipinski definition) is 0. The van der Waals surface area contributed by atoms with Crippen LogP contribution in [0.3, 0.4) is 0 Å². The third-order valence-corrected chi connectivity index (χ3v) is 3.17. The number of benzene rings is 1. The molecule has 0 atom stereocenters. The Morgan fingerprint density at radius 3 is 2.00 bits per heavy atom. The van der Waals surface area contributed by atoms with Crippen LogP contribution in [0.1, 0.15) is 0 Å². The van der Waals surface area contributed by atoms with Gasteiger partial charge in [0.1, 0.15) is 0 Å². The van der Waals surface area contributed by atoms with Crippen LogP contribution in [0.15, 0.2) is 51.5 Å². The summed E-state index contributed by atoms with van der Waals surface area (Å²) in [7, 11) is 3.94. The summed E-state index contributed by atoms with van der Waals surface area (Å²) in [5, 5.41) is 0.160. The van der Waals surface area contributed by atoms with Gasteiger partial charge >= 0.3 is 0 Å². The number of allylic oxidation sites excluding steroid dienone is 4. The van der Waals surface area contributed by atoms with Gasteiger partial charge < -0.3 is 4.90 Å². The number of hydrogen-bond acceptors (Lipinski definition) is 3. The van der Waals surface area contributed by atoms with E-state index >= 15 is 0 Å². The fraction of sp³-hybridized carbons (Fsp3) is 0.143. The van der Waals surface area contributed by atoms with E-state index in [9.17, 15) is 4.79 Å². The molecule has 0 aliphatic heterocycles. The highest BCUT2D eigenvalue weighted by Crippen LogP contribution is 2.23. The predicted octanol–water partition coefficient (Wildman–Crippen LogP) is 3.65. The van der Waals surface area contributed by atoms with Gasteiger partial charge in [-0.15, -0.1) is 0 Å². The van der Waals surface area contributed by atoms with Crippen molar-refractivity contribution in [2.45, 2.75) is 0 Å². The standard InChI is InChI=1S/C14H12Cl2N2O/c1-18(2)11-5-3-9(4-6-11)17-10-7-12(15)14(19)13(16)8-10/h3-8H,1-2H3. The predicted molar refractivity (Wildman–Crippen MR) is 80.7 cm³/mol.